The Morgan fingerprint density at radius 3 is 2.81 bits per heavy atom. The third kappa shape index (κ3) is 1.93. The molecule has 2 heterocycles. The van der Waals surface area contributed by atoms with Crippen molar-refractivity contribution >= 4 is 11.0 Å². The molecule has 0 spiro atoms. The number of H-pyrrole nitrogens is 1. The van der Waals surface area contributed by atoms with Crippen molar-refractivity contribution < 1.29 is 13.2 Å². The minimum absolute atomic E-state index is 0.0542. The number of hydrogen-bond donors (Lipinski definition) is 1. The van der Waals surface area contributed by atoms with Crippen LogP contribution in [0.2, 0.25) is 0 Å². The highest BCUT2D eigenvalue weighted by Gasteiger charge is 2.28. The van der Waals surface area contributed by atoms with Crippen LogP contribution in [0.25, 0.3) is 11.0 Å². The fourth-order valence-corrected chi connectivity index (χ4v) is 1.51. The van der Waals surface area contributed by atoms with Gasteiger partial charge in [-0.1, -0.05) is 0 Å². The zero-order valence-electron chi connectivity index (χ0n) is 8.30. The molecule has 0 aliphatic carbocycles. The van der Waals surface area contributed by atoms with Crippen LogP contribution in [0.4, 0.5) is 13.2 Å². The van der Waals surface area contributed by atoms with Crippen LogP contribution >= 0.6 is 0 Å². The number of fused-ring (bicyclic) bond motifs is 1. The maximum atomic E-state index is 12.2. The summed E-state index contributed by atoms with van der Waals surface area (Å²) in [4.78, 5) is 17.7. The van der Waals surface area contributed by atoms with Crippen molar-refractivity contribution in [2.45, 2.75) is 19.6 Å². The van der Waals surface area contributed by atoms with Crippen molar-refractivity contribution in [3.8, 4) is 0 Å². The van der Waals surface area contributed by atoms with E-state index < -0.39 is 18.3 Å². The summed E-state index contributed by atoms with van der Waals surface area (Å²) in [5.74, 6) is 0.291. The lowest BCUT2D eigenvalue weighted by Crippen LogP contribution is -2.18. The average molecular weight is 231 g/mol. The summed E-state index contributed by atoms with van der Waals surface area (Å²) in [7, 11) is 0. The van der Waals surface area contributed by atoms with Crippen LogP contribution in [0.3, 0.4) is 0 Å². The second-order valence-corrected chi connectivity index (χ2v) is 3.45. The molecule has 0 atom stereocenters. The molecule has 0 aromatic carbocycles. The normalized spacial score (nSPS) is 12.2. The lowest BCUT2D eigenvalue weighted by molar-refractivity contribution is -0.139. The summed E-state index contributed by atoms with van der Waals surface area (Å²) < 4.78 is 37.6. The molecule has 0 amide bonds. The Kier molecular flexibility index (Phi) is 2.25. The van der Waals surface area contributed by atoms with Crippen LogP contribution < -0.4 is 5.56 Å². The number of nitrogens with zero attached hydrogens (tertiary/aromatic N) is 2. The van der Waals surface area contributed by atoms with E-state index in [4.69, 9.17) is 0 Å². The van der Waals surface area contributed by atoms with Crippen molar-refractivity contribution in [3.05, 3.63) is 28.4 Å². The van der Waals surface area contributed by atoms with E-state index in [-0.39, 0.29) is 11.0 Å². The maximum absolute atomic E-state index is 12.2. The number of halogens is 3. The van der Waals surface area contributed by atoms with Crippen LogP contribution in [0.15, 0.2) is 17.1 Å². The van der Waals surface area contributed by atoms with Crippen LogP contribution in [0, 0.1) is 6.92 Å². The van der Waals surface area contributed by atoms with E-state index in [1.807, 2.05) is 0 Å². The van der Waals surface area contributed by atoms with Crippen molar-refractivity contribution in [2.75, 3.05) is 0 Å². The molecule has 0 unspecified atom stereocenters. The van der Waals surface area contributed by atoms with Gasteiger partial charge in [0.05, 0.1) is 5.39 Å². The highest BCUT2D eigenvalue weighted by molar-refractivity contribution is 5.74. The molecule has 1 N–H and O–H groups in total. The second kappa shape index (κ2) is 3.36. The lowest BCUT2D eigenvalue weighted by atomic mass is 10.4. The average Bonchev–Trinajstić information content (AvgIpc) is 2.46. The number of rotatable bonds is 1. The van der Waals surface area contributed by atoms with Gasteiger partial charge in [-0.15, -0.1) is 0 Å². The maximum Gasteiger partial charge on any atom is 0.406 e. The Labute approximate surface area is 87.7 Å². The molecule has 2 aromatic heterocycles. The van der Waals surface area contributed by atoms with E-state index in [2.05, 4.69) is 9.97 Å². The molecule has 2 rings (SSSR count). The molecule has 16 heavy (non-hydrogen) atoms. The molecule has 0 saturated heterocycles. The van der Waals surface area contributed by atoms with Gasteiger partial charge in [0, 0.05) is 6.20 Å². The first-order valence-corrected chi connectivity index (χ1v) is 4.49. The number of hydrogen-bond acceptors (Lipinski definition) is 2. The van der Waals surface area contributed by atoms with Gasteiger partial charge in [-0.25, -0.2) is 4.98 Å². The van der Waals surface area contributed by atoms with Gasteiger partial charge in [0.1, 0.15) is 18.0 Å². The van der Waals surface area contributed by atoms with E-state index in [0.717, 1.165) is 4.57 Å². The van der Waals surface area contributed by atoms with Crippen LogP contribution in [-0.2, 0) is 6.54 Å². The summed E-state index contributed by atoms with van der Waals surface area (Å²) in [6.07, 6.45) is -3.12. The van der Waals surface area contributed by atoms with Gasteiger partial charge >= 0.3 is 6.18 Å². The SMILES string of the molecule is Cc1nc2c(ccn2CC(F)(F)F)c(=O)[nH]1. The van der Waals surface area contributed by atoms with Crippen molar-refractivity contribution in [1.82, 2.24) is 14.5 Å². The fourth-order valence-electron chi connectivity index (χ4n) is 1.51. The Morgan fingerprint density at radius 1 is 1.50 bits per heavy atom. The highest BCUT2D eigenvalue weighted by Crippen LogP contribution is 2.20. The molecule has 0 saturated carbocycles. The molecule has 7 heteroatoms. The molecule has 86 valence electrons. The number of alkyl halides is 3. The summed E-state index contributed by atoms with van der Waals surface area (Å²) in [5.41, 5.74) is -0.373. The van der Waals surface area contributed by atoms with Gasteiger partial charge in [0.25, 0.3) is 5.56 Å². The highest BCUT2D eigenvalue weighted by atomic mass is 19.4. The van der Waals surface area contributed by atoms with E-state index >= 15 is 0 Å². The first kappa shape index (κ1) is 10.7. The Balaban J connectivity index is 2.60. The molecule has 0 aliphatic rings. The van der Waals surface area contributed by atoms with Gasteiger partial charge in [-0.3, -0.25) is 4.79 Å². The second-order valence-electron chi connectivity index (χ2n) is 3.45. The van der Waals surface area contributed by atoms with Crippen molar-refractivity contribution in [3.63, 3.8) is 0 Å². The zero-order chi connectivity index (χ0) is 11.9. The van der Waals surface area contributed by atoms with E-state index in [1.165, 1.54) is 19.2 Å². The van der Waals surface area contributed by atoms with Gasteiger partial charge in [0.15, 0.2) is 0 Å². The summed E-state index contributed by atoms with van der Waals surface area (Å²) in [6.45, 7) is 0.373. The summed E-state index contributed by atoms with van der Waals surface area (Å²) in [5, 5.41) is 0.162. The number of aromatic amines is 1. The first-order valence-electron chi connectivity index (χ1n) is 4.49. The predicted molar refractivity (Wildman–Crippen MR) is 51.1 cm³/mol. The van der Waals surface area contributed by atoms with Crippen molar-refractivity contribution in [1.29, 1.82) is 0 Å². The third-order valence-corrected chi connectivity index (χ3v) is 2.10. The third-order valence-electron chi connectivity index (χ3n) is 2.10. The van der Waals surface area contributed by atoms with E-state index in [1.54, 1.807) is 0 Å². The Bertz CT molecular complexity index is 582. The van der Waals surface area contributed by atoms with Gasteiger partial charge in [-0.2, -0.15) is 13.2 Å². The molecule has 0 aliphatic heterocycles. The molecule has 0 bridgehead atoms. The Morgan fingerprint density at radius 2 is 2.19 bits per heavy atom. The van der Waals surface area contributed by atoms with E-state index in [0.29, 0.717) is 5.82 Å². The number of nitrogens with one attached hydrogen (secondary N) is 1. The minimum atomic E-state index is -4.33. The topological polar surface area (TPSA) is 50.7 Å². The molecule has 2 aromatic rings. The van der Waals surface area contributed by atoms with Gasteiger partial charge < -0.3 is 9.55 Å². The monoisotopic (exact) mass is 231 g/mol. The van der Waals surface area contributed by atoms with Crippen molar-refractivity contribution in [2.24, 2.45) is 0 Å². The molecule has 4 nitrogen and oxygen atoms in total. The fraction of sp³-hybridized carbons (Fsp3) is 0.333. The lowest BCUT2D eigenvalue weighted by Gasteiger charge is -2.08. The molecular weight excluding hydrogens is 223 g/mol. The number of aromatic nitrogens is 3. The zero-order valence-corrected chi connectivity index (χ0v) is 8.30. The predicted octanol–water partition coefficient (Wildman–Crippen LogP) is 1.60. The largest absolute Gasteiger partial charge is 0.406 e. The summed E-state index contributed by atoms with van der Waals surface area (Å²) >= 11 is 0. The molecule has 0 radical (unpaired) electrons. The van der Waals surface area contributed by atoms with E-state index in [9.17, 15) is 18.0 Å². The minimum Gasteiger partial charge on any atom is -0.323 e. The van der Waals surface area contributed by atoms with Crippen LogP contribution in [0.5, 0.6) is 0 Å². The van der Waals surface area contributed by atoms with Gasteiger partial charge in [0.2, 0.25) is 0 Å². The Hall–Kier alpha value is -1.79. The summed E-state index contributed by atoms with van der Waals surface area (Å²) in [6, 6.07) is 1.33. The molecule has 0 fully saturated rings. The number of aryl methyl sites for hydroxylation is 1. The van der Waals surface area contributed by atoms with Crippen LogP contribution in [0.1, 0.15) is 5.82 Å². The standard InChI is InChI=1S/C9H8F3N3O/c1-5-13-7-6(8(16)14-5)2-3-15(7)4-9(10,11)12/h2-3H,4H2,1H3,(H,13,14,16). The quantitative estimate of drug-likeness (QED) is 0.810. The smallest absolute Gasteiger partial charge is 0.323 e. The van der Waals surface area contributed by atoms with Gasteiger partial charge in [-0.05, 0) is 13.0 Å². The first-order chi connectivity index (χ1) is 7.37. The van der Waals surface area contributed by atoms with Crippen LogP contribution in [-0.4, -0.2) is 20.7 Å². The molecular formula is C9H8F3N3O.